The van der Waals surface area contributed by atoms with Crippen molar-refractivity contribution in [3.05, 3.63) is 0 Å². The standard InChI is InChI=1S/C9H15NO4/c1-5(2)8(12)10-4-3-6(11)7(10)9(13)14/h5-7,11H,3-4H2,1-2H3,(H,13,14). The minimum absolute atomic E-state index is 0.214. The van der Waals surface area contributed by atoms with Gasteiger partial charge in [0.15, 0.2) is 6.04 Å². The quantitative estimate of drug-likeness (QED) is 0.642. The van der Waals surface area contributed by atoms with Crippen molar-refractivity contribution in [1.29, 1.82) is 0 Å². The molecule has 1 rings (SSSR count). The summed E-state index contributed by atoms with van der Waals surface area (Å²) in [6, 6.07) is -1.06. The second-order valence-electron chi connectivity index (χ2n) is 3.83. The van der Waals surface area contributed by atoms with Gasteiger partial charge in [0, 0.05) is 12.5 Å². The topological polar surface area (TPSA) is 77.8 Å². The van der Waals surface area contributed by atoms with E-state index in [1.165, 1.54) is 4.90 Å². The molecular weight excluding hydrogens is 186 g/mol. The Hall–Kier alpha value is -1.10. The fourth-order valence-corrected chi connectivity index (χ4v) is 1.65. The third kappa shape index (κ3) is 1.87. The number of hydrogen-bond donors (Lipinski definition) is 2. The molecule has 1 aliphatic rings. The Bertz CT molecular complexity index is 251. The van der Waals surface area contributed by atoms with E-state index in [0.717, 1.165) is 0 Å². The maximum atomic E-state index is 11.6. The van der Waals surface area contributed by atoms with Gasteiger partial charge in [-0.25, -0.2) is 4.79 Å². The Labute approximate surface area is 82.3 Å². The summed E-state index contributed by atoms with van der Waals surface area (Å²) in [7, 11) is 0. The summed E-state index contributed by atoms with van der Waals surface area (Å²) < 4.78 is 0. The molecule has 0 aromatic rings. The van der Waals surface area contributed by atoms with Crippen LogP contribution in [0.15, 0.2) is 0 Å². The number of aliphatic hydroxyl groups is 1. The van der Waals surface area contributed by atoms with Gasteiger partial charge in [-0.3, -0.25) is 4.79 Å². The number of amides is 1. The molecule has 1 saturated heterocycles. The van der Waals surface area contributed by atoms with Crippen LogP contribution in [0, 0.1) is 5.92 Å². The van der Waals surface area contributed by atoms with Gasteiger partial charge < -0.3 is 15.1 Å². The number of aliphatic carboxylic acids is 1. The summed E-state index contributed by atoms with van der Waals surface area (Å²) in [6.45, 7) is 3.76. The van der Waals surface area contributed by atoms with E-state index in [2.05, 4.69) is 0 Å². The number of nitrogens with zero attached hydrogens (tertiary/aromatic N) is 1. The lowest BCUT2D eigenvalue weighted by atomic mass is 10.1. The largest absolute Gasteiger partial charge is 0.480 e. The van der Waals surface area contributed by atoms with Crippen LogP contribution < -0.4 is 0 Å². The number of aliphatic hydroxyl groups excluding tert-OH is 1. The number of carboxylic acids is 1. The molecule has 80 valence electrons. The normalized spacial score (nSPS) is 27.0. The van der Waals surface area contributed by atoms with Crippen molar-refractivity contribution in [3.8, 4) is 0 Å². The number of carboxylic acid groups (broad SMARTS) is 1. The molecule has 2 atom stereocenters. The maximum Gasteiger partial charge on any atom is 0.329 e. The molecule has 0 saturated carbocycles. The van der Waals surface area contributed by atoms with Crippen LogP contribution in [-0.4, -0.2) is 45.7 Å². The van der Waals surface area contributed by atoms with Gasteiger partial charge in [0.1, 0.15) is 0 Å². The van der Waals surface area contributed by atoms with E-state index in [0.29, 0.717) is 13.0 Å². The minimum Gasteiger partial charge on any atom is -0.480 e. The van der Waals surface area contributed by atoms with Crippen molar-refractivity contribution in [1.82, 2.24) is 4.90 Å². The molecule has 0 spiro atoms. The fourth-order valence-electron chi connectivity index (χ4n) is 1.65. The first kappa shape index (κ1) is 11.0. The lowest BCUT2D eigenvalue weighted by Crippen LogP contribution is -2.46. The summed E-state index contributed by atoms with van der Waals surface area (Å²) in [5.74, 6) is -1.58. The monoisotopic (exact) mass is 201 g/mol. The SMILES string of the molecule is CC(C)C(=O)N1CCC(O)C1C(=O)O. The molecule has 1 aliphatic heterocycles. The predicted octanol–water partition coefficient (Wildman–Crippen LogP) is -0.311. The smallest absolute Gasteiger partial charge is 0.329 e. The molecule has 2 N–H and O–H groups in total. The molecule has 0 aliphatic carbocycles. The first-order chi connectivity index (χ1) is 6.45. The minimum atomic E-state index is -1.14. The number of carbonyl (C=O) groups excluding carboxylic acids is 1. The van der Waals surface area contributed by atoms with Crippen molar-refractivity contribution in [2.45, 2.75) is 32.4 Å². The molecular formula is C9H15NO4. The molecule has 14 heavy (non-hydrogen) atoms. The molecule has 0 radical (unpaired) electrons. The molecule has 5 heteroatoms. The maximum absolute atomic E-state index is 11.6. The molecule has 0 bridgehead atoms. The number of carbonyl (C=O) groups is 2. The second kappa shape index (κ2) is 3.96. The van der Waals surface area contributed by atoms with Crippen molar-refractivity contribution in [2.24, 2.45) is 5.92 Å². The number of hydrogen-bond acceptors (Lipinski definition) is 3. The number of likely N-dealkylation sites (tertiary alicyclic amines) is 1. The molecule has 1 heterocycles. The van der Waals surface area contributed by atoms with Crippen LogP contribution in [0.4, 0.5) is 0 Å². The predicted molar refractivity (Wildman–Crippen MR) is 48.6 cm³/mol. The molecule has 2 unspecified atom stereocenters. The van der Waals surface area contributed by atoms with Crippen LogP contribution >= 0.6 is 0 Å². The zero-order valence-corrected chi connectivity index (χ0v) is 8.30. The van der Waals surface area contributed by atoms with Gasteiger partial charge in [0.25, 0.3) is 0 Å². The zero-order chi connectivity index (χ0) is 10.9. The van der Waals surface area contributed by atoms with Gasteiger partial charge in [-0.05, 0) is 6.42 Å². The Kier molecular flexibility index (Phi) is 3.10. The van der Waals surface area contributed by atoms with Crippen molar-refractivity contribution in [2.75, 3.05) is 6.54 Å². The highest BCUT2D eigenvalue weighted by atomic mass is 16.4. The van der Waals surface area contributed by atoms with Crippen molar-refractivity contribution < 1.29 is 19.8 Å². The molecule has 5 nitrogen and oxygen atoms in total. The van der Waals surface area contributed by atoms with E-state index in [1.54, 1.807) is 13.8 Å². The first-order valence-electron chi connectivity index (χ1n) is 4.66. The van der Waals surface area contributed by atoms with Crippen molar-refractivity contribution in [3.63, 3.8) is 0 Å². The molecule has 1 fully saturated rings. The lowest BCUT2D eigenvalue weighted by molar-refractivity contribution is -0.152. The van der Waals surface area contributed by atoms with Crippen LogP contribution in [0.25, 0.3) is 0 Å². The highest BCUT2D eigenvalue weighted by Gasteiger charge is 2.41. The van der Waals surface area contributed by atoms with Gasteiger partial charge in [-0.1, -0.05) is 13.8 Å². The second-order valence-corrected chi connectivity index (χ2v) is 3.83. The Morgan fingerprint density at radius 3 is 2.43 bits per heavy atom. The van der Waals surface area contributed by atoms with E-state index in [4.69, 9.17) is 5.11 Å². The van der Waals surface area contributed by atoms with Crippen LogP contribution in [0.1, 0.15) is 20.3 Å². The van der Waals surface area contributed by atoms with Gasteiger partial charge in [0.05, 0.1) is 6.10 Å². The average Bonchev–Trinajstić information content (AvgIpc) is 2.45. The number of rotatable bonds is 2. The third-order valence-corrected chi connectivity index (χ3v) is 2.40. The summed E-state index contributed by atoms with van der Waals surface area (Å²) >= 11 is 0. The zero-order valence-electron chi connectivity index (χ0n) is 8.30. The molecule has 1 amide bonds. The van der Waals surface area contributed by atoms with Gasteiger partial charge in [-0.15, -0.1) is 0 Å². The van der Waals surface area contributed by atoms with Gasteiger partial charge in [0.2, 0.25) is 5.91 Å². The van der Waals surface area contributed by atoms with Crippen molar-refractivity contribution >= 4 is 11.9 Å². The van der Waals surface area contributed by atoms with Gasteiger partial charge in [-0.2, -0.15) is 0 Å². The Morgan fingerprint density at radius 2 is 2.00 bits per heavy atom. The highest BCUT2D eigenvalue weighted by molar-refractivity contribution is 5.85. The summed E-state index contributed by atoms with van der Waals surface area (Å²) in [5, 5.41) is 18.2. The highest BCUT2D eigenvalue weighted by Crippen LogP contribution is 2.20. The summed E-state index contributed by atoms with van der Waals surface area (Å²) in [4.78, 5) is 23.6. The van der Waals surface area contributed by atoms with Crippen LogP contribution in [0.5, 0.6) is 0 Å². The van der Waals surface area contributed by atoms with Gasteiger partial charge >= 0.3 is 5.97 Å². The Balaban J connectivity index is 2.79. The van der Waals surface area contributed by atoms with E-state index in [9.17, 15) is 14.7 Å². The Morgan fingerprint density at radius 1 is 1.43 bits per heavy atom. The summed E-state index contributed by atoms with van der Waals surface area (Å²) in [5.41, 5.74) is 0. The van der Waals surface area contributed by atoms with E-state index >= 15 is 0 Å². The third-order valence-electron chi connectivity index (χ3n) is 2.40. The van der Waals surface area contributed by atoms with E-state index < -0.39 is 18.1 Å². The van der Waals surface area contributed by atoms with Crippen LogP contribution in [0.2, 0.25) is 0 Å². The summed E-state index contributed by atoms with van der Waals surface area (Å²) in [6.07, 6.45) is -0.592. The van der Waals surface area contributed by atoms with E-state index in [1.807, 2.05) is 0 Å². The van der Waals surface area contributed by atoms with Crippen LogP contribution in [-0.2, 0) is 9.59 Å². The molecule has 0 aromatic heterocycles. The van der Waals surface area contributed by atoms with Crippen LogP contribution in [0.3, 0.4) is 0 Å². The average molecular weight is 201 g/mol. The first-order valence-corrected chi connectivity index (χ1v) is 4.66. The lowest BCUT2D eigenvalue weighted by Gasteiger charge is -2.24. The van der Waals surface area contributed by atoms with E-state index in [-0.39, 0.29) is 11.8 Å². The molecule has 0 aromatic carbocycles. The fraction of sp³-hybridized carbons (Fsp3) is 0.778.